The van der Waals surface area contributed by atoms with Gasteiger partial charge in [0.05, 0.1) is 19.1 Å². The molecule has 0 unspecified atom stereocenters. The van der Waals surface area contributed by atoms with Gasteiger partial charge >= 0.3 is 0 Å². The summed E-state index contributed by atoms with van der Waals surface area (Å²) in [4.78, 5) is 12.3. The van der Waals surface area contributed by atoms with Crippen LogP contribution < -0.4 is 10.2 Å². The number of benzene rings is 3. The van der Waals surface area contributed by atoms with Crippen molar-refractivity contribution in [2.45, 2.75) is 12.1 Å². The average molecular weight is 474 g/mol. The summed E-state index contributed by atoms with van der Waals surface area (Å²) < 4.78 is 7.18. The summed E-state index contributed by atoms with van der Waals surface area (Å²) in [5.74, 6) is 1.36. The van der Waals surface area contributed by atoms with Crippen LogP contribution in [0.5, 0.6) is 11.5 Å². The maximum Gasteiger partial charge on any atom is 0.250 e. The highest BCUT2D eigenvalue weighted by Gasteiger charge is 2.17. The van der Waals surface area contributed by atoms with Gasteiger partial charge in [-0.2, -0.15) is 5.10 Å². The summed E-state index contributed by atoms with van der Waals surface area (Å²) in [6.45, 7) is 2.03. The number of methoxy groups -OCH3 is 1. The van der Waals surface area contributed by atoms with Crippen molar-refractivity contribution in [2.75, 3.05) is 12.9 Å². The molecule has 0 atom stereocenters. The average Bonchev–Trinajstić information content (AvgIpc) is 3.27. The number of nitrogens with zero attached hydrogens (tertiary/aromatic N) is 4. The van der Waals surface area contributed by atoms with Crippen LogP contribution >= 0.6 is 11.8 Å². The Kier molecular flexibility index (Phi) is 7.24. The lowest BCUT2D eigenvalue weighted by atomic mass is 10.2. The third-order valence-corrected chi connectivity index (χ3v) is 5.81. The predicted molar refractivity (Wildman–Crippen MR) is 133 cm³/mol. The number of nitrogens with one attached hydrogen (secondary N) is 1. The van der Waals surface area contributed by atoms with Crippen molar-refractivity contribution >= 4 is 23.9 Å². The Morgan fingerprint density at radius 1 is 1.12 bits per heavy atom. The zero-order chi connectivity index (χ0) is 23.9. The molecular formula is C25H23N5O3S. The Balaban J connectivity index is 1.52. The molecule has 0 saturated heterocycles. The van der Waals surface area contributed by atoms with Gasteiger partial charge in [-0.05, 0) is 61.0 Å². The molecule has 1 amide bonds. The Morgan fingerprint density at radius 3 is 2.59 bits per heavy atom. The molecule has 0 radical (unpaired) electrons. The van der Waals surface area contributed by atoms with Crippen LogP contribution in [0.25, 0.3) is 17.1 Å². The second-order valence-electron chi connectivity index (χ2n) is 7.38. The summed E-state index contributed by atoms with van der Waals surface area (Å²) in [5.41, 5.74) is 6.08. The van der Waals surface area contributed by atoms with E-state index in [2.05, 4.69) is 20.7 Å². The monoisotopic (exact) mass is 473 g/mol. The first-order valence-electron chi connectivity index (χ1n) is 10.4. The maximum absolute atomic E-state index is 12.3. The number of carbonyl (C=O) groups is 1. The van der Waals surface area contributed by atoms with Gasteiger partial charge in [0.2, 0.25) is 0 Å². The van der Waals surface area contributed by atoms with Crippen LogP contribution in [-0.2, 0) is 4.79 Å². The zero-order valence-electron chi connectivity index (χ0n) is 18.7. The molecule has 8 nitrogen and oxygen atoms in total. The highest BCUT2D eigenvalue weighted by Crippen LogP contribution is 2.29. The first-order chi connectivity index (χ1) is 16.5. The van der Waals surface area contributed by atoms with Crippen molar-refractivity contribution in [2.24, 2.45) is 5.10 Å². The molecule has 4 rings (SSSR count). The van der Waals surface area contributed by atoms with Crippen molar-refractivity contribution in [1.29, 1.82) is 0 Å². The van der Waals surface area contributed by atoms with Crippen molar-refractivity contribution < 1.29 is 14.6 Å². The van der Waals surface area contributed by atoms with E-state index in [9.17, 15) is 9.90 Å². The molecule has 0 aliphatic rings. The molecule has 0 bridgehead atoms. The Morgan fingerprint density at radius 2 is 1.88 bits per heavy atom. The third kappa shape index (κ3) is 5.62. The number of hydrogen-bond donors (Lipinski definition) is 2. The maximum atomic E-state index is 12.3. The number of aromatic nitrogens is 3. The summed E-state index contributed by atoms with van der Waals surface area (Å²) >= 11 is 1.26. The molecule has 0 saturated carbocycles. The van der Waals surface area contributed by atoms with Crippen molar-refractivity contribution in [3.8, 4) is 28.6 Å². The molecule has 172 valence electrons. The van der Waals surface area contributed by atoms with Crippen LogP contribution in [0.3, 0.4) is 0 Å². The minimum Gasteiger partial charge on any atom is -0.508 e. The lowest BCUT2D eigenvalue weighted by molar-refractivity contribution is -0.118. The molecule has 0 fully saturated rings. The molecule has 0 aliphatic heterocycles. The lowest BCUT2D eigenvalue weighted by Crippen LogP contribution is -2.20. The Labute approximate surface area is 201 Å². The number of ether oxygens (including phenoxy) is 1. The SMILES string of the molecule is COc1ccc(-c2nnc(SCC(=O)N/N=C/c3cccc(O)c3)n2-c2ccc(C)cc2)cc1. The van der Waals surface area contributed by atoms with E-state index in [0.29, 0.717) is 16.5 Å². The van der Waals surface area contributed by atoms with Crippen LogP contribution in [0, 0.1) is 6.92 Å². The Bertz CT molecular complexity index is 1300. The number of phenols is 1. The molecule has 0 aliphatic carbocycles. The van der Waals surface area contributed by atoms with E-state index in [1.165, 1.54) is 18.0 Å². The van der Waals surface area contributed by atoms with Crippen LogP contribution in [0.15, 0.2) is 83.1 Å². The fourth-order valence-corrected chi connectivity index (χ4v) is 3.91. The summed E-state index contributed by atoms with van der Waals surface area (Å²) in [6, 6.07) is 22.2. The second kappa shape index (κ2) is 10.7. The standard InChI is InChI=1S/C25H23N5O3S/c1-17-6-10-20(11-7-17)30-24(19-8-12-22(33-2)13-9-19)28-29-25(30)34-16-23(32)27-26-15-18-4-3-5-21(31)14-18/h3-15,31H,16H2,1-2H3,(H,27,32)/b26-15+. The molecular weight excluding hydrogens is 450 g/mol. The number of aryl methyl sites for hydroxylation is 1. The van der Waals surface area contributed by atoms with Crippen LogP contribution in [-0.4, -0.2) is 44.9 Å². The van der Waals surface area contributed by atoms with Gasteiger partial charge in [-0.15, -0.1) is 10.2 Å². The number of phenolic OH excluding ortho intramolecular Hbond substituents is 1. The van der Waals surface area contributed by atoms with Gasteiger partial charge in [0, 0.05) is 11.3 Å². The number of amides is 1. The molecule has 34 heavy (non-hydrogen) atoms. The van der Waals surface area contributed by atoms with E-state index in [1.807, 2.05) is 60.0 Å². The highest BCUT2D eigenvalue weighted by molar-refractivity contribution is 7.99. The van der Waals surface area contributed by atoms with Crippen molar-refractivity contribution in [1.82, 2.24) is 20.2 Å². The number of hydrogen-bond acceptors (Lipinski definition) is 7. The fourth-order valence-electron chi connectivity index (χ4n) is 3.16. The van der Waals surface area contributed by atoms with E-state index in [4.69, 9.17) is 4.74 Å². The van der Waals surface area contributed by atoms with Gasteiger partial charge in [-0.1, -0.05) is 41.6 Å². The topological polar surface area (TPSA) is 102 Å². The van der Waals surface area contributed by atoms with Gasteiger partial charge in [-0.3, -0.25) is 9.36 Å². The van der Waals surface area contributed by atoms with E-state index < -0.39 is 0 Å². The largest absolute Gasteiger partial charge is 0.508 e. The molecule has 2 N–H and O–H groups in total. The van der Waals surface area contributed by atoms with Gasteiger partial charge in [0.25, 0.3) is 5.91 Å². The predicted octanol–water partition coefficient (Wildman–Crippen LogP) is 4.20. The van der Waals surface area contributed by atoms with Crippen LogP contribution in [0.2, 0.25) is 0 Å². The van der Waals surface area contributed by atoms with Crippen molar-refractivity contribution in [3.05, 3.63) is 83.9 Å². The number of aromatic hydroxyl groups is 1. The van der Waals surface area contributed by atoms with Gasteiger partial charge < -0.3 is 9.84 Å². The first kappa shape index (κ1) is 23.1. The normalized spacial score (nSPS) is 11.0. The van der Waals surface area contributed by atoms with Crippen molar-refractivity contribution in [3.63, 3.8) is 0 Å². The minimum absolute atomic E-state index is 0.101. The van der Waals surface area contributed by atoms with Crippen LogP contribution in [0.4, 0.5) is 0 Å². The lowest BCUT2D eigenvalue weighted by Gasteiger charge is -2.11. The third-order valence-electron chi connectivity index (χ3n) is 4.88. The number of carbonyl (C=O) groups excluding carboxylic acids is 1. The first-order valence-corrected chi connectivity index (χ1v) is 11.4. The number of thioether (sulfide) groups is 1. The highest BCUT2D eigenvalue weighted by atomic mass is 32.2. The molecule has 9 heteroatoms. The summed E-state index contributed by atoms with van der Waals surface area (Å²) in [6.07, 6.45) is 1.47. The van der Waals surface area contributed by atoms with Gasteiger partial charge in [0.1, 0.15) is 11.5 Å². The van der Waals surface area contributed by atoms with Crippen LogP contribution in [0.1, 0.15) is 11.1 Å². The molecule has 3 aromatic carbocycles. The second-order valence-corrected chi connectivity index (χ2v) is 8.32. The molecule has 1 aromatic heterocycles. The number of rotatable bonds is 8. The summed E-state index contributed by atoms with van der Waals surface area (Å²) in [5, 5.41) is 22.8. The molecule has 1 heterocycles. The van der Waals surface area contributed by atoms with Gasteiger partial charge in [-0.25, -0.2) is 5.43 Å². The van der Waals surface area contributed by atoms with E-state index >= 15 is 0 Å². The molecule has 4 aromatic rings. The van der Waals surface area contributed by atoms with E-state index in [-0.39, 0.29) is 17.4 Å². The van der Waals surface area contributed by atoms with E-state index in [1.54, 1.807) is 31.4 Å². The zero-order valence-corrected chi connectivity index (χ0v) is 19.5. The van der Waals surface area contributed by atoms with Gasteiger partial charge in [0.15, 0.2) is 11.0 Å². The van der Waals surface area contributed by atoms with E-state index in [0.717, 1.165) is 22.6 Å². The smallest absolute Gasteiger partial charge is 0.250 e. The number of hydrazone groups is 1. The molecule has 0 spiro atoms. The summed E-state index contributed by atoms with van der Waals surface area (Å²) in [7, 11) is 1.62. The Hall–Kier alpha value is -4.11. The fraction of sp³-hybridized carbons (Fsp3) is 0.120. The quantitative estimate of drug-likeness (QED) is 0.226. The minimum atomic E-state index is -0.286.